The fourth-order valence-corrected chi connectivity index (χ4v) is 3.31. The summed E-state index contributed by atoms with van der Waals surface area (Å²) in [4.78, 5) is 26.3. The van der Waals surface area contributed by atoms with Gasteiger partial charge in [0.05, 0.1) is 5.92 Å². The van der Waals surface area contributed by atoms with E-state index in [4.69, 9.17) is 4.42 Å². The van der Waals surface area contributed by atoms with Crippen molar-refractivity contribution in [1.29, 1.82) is 0 Å². The van der Waals surface area contributed by atoms with Crippen LogP contribution in [0, 0.1) is 11.7 Å². The van der Waals surface area contributed by atoms with E-state index in [2.05, 4.69) is 5.10 Å². The van der Waals surface area contributed by atoms with Crippen molar-refractivity contribution in [3.63, 3.8) is 0 Å². The summed E-state index contributed by atoms with van der Waals surface area (Å²) in [5.74, 6) is -1.29. The van der Waals surface area contributed by atoms with Gasteiger partial charge in [-0.1, -0.05) is 12.1 Å². The number of carbonyl (C=O) groups excluding carboxylic acids is 1. The Morgan fingerprint density at radius 1 is 1.21 bits per heavy atom. The van der Waals surface area contributed by atoms with Crippen LogP contribution in [0.15, 0.2) is 33.5 Å². The van der Waals surface area contributed by atoms with Gasteiger partial charge in [0.15, 0.2) is 0 Å². The van der Waals surface area contributed by atoms with Gasteiger partial charge in [0, 0.05) is 19.0 Å². The van der Waals surface area contributed by atoms with E-state index >= 15 is 0 Å². The molecule has 0 N–H and O–H groups in total. The van der Waals surface area contributed by atoms with Gasteiger partial charge in [-0.2, -0.15) is 4.68 Å². The van der Waals surface area contributed by atoms with Gasteiger partial charge in [0.25, 0.3) is 0 Å². The number of hydrogen-bond acceptors (Lipinski definition) is 4. The number of para-hydroxylation sites is 1. The Hall–Kier alpha value is -2.44. The molecule has 1 amide bonds. The summed E-state index contributed by atoms with van der Waals surface area (Å²) in [6, 6.07) is 5.89. The summed E-state index contributed by atoms with van der Waals surface area (Å²) in [6.07, 6.45) is 3.88. The van der Waals surface area contributed by atoms with Crippen molar-refractivity contribution >= 4 is 5.91 Å². The zero-order valence-electron chi connectivity index (χ0n) is 13.2. The minimum absolute atomic E-state index is 0.0528. The normalized spacial score (nSPS) is 23.3. The summed E-state index contributed by atoms with van der Waals surface area (Å²) in [5, 5.41) is 4.11. The van der Waals surface area contributed by atoms with Crippen molar-refractivity contribution in [3.05, 3.63) is 46.5 Å². The minimum Gasteiger partial charge on any atom is -0.392 e. The topological polar surface area (TPSA) is 68.3 Å². The van der Waals surface area contributed by atoms with E-state index in [1.807, 2.05) is 4.90 Å². The standard InChI is InChI=1S/C17H18FN3O3/c18-13-6-2-3-7-14(13)21-17(23)24-15(19-21)11-10-12(11)16(22)20-8-4-1-5-9-20/h2-3,6-7,11-12H,1,4-5,8-10H2. The molecule has 2 unspecified atom stereocenters. The van der Waals surface area contributed by atoms with E-state index in [0.29, 0.717) is 6.42 Å². The van der Waals surface area contributed by atoms with E-state index in [9.17, 15) is 14.0 Å². The van der Waals surface area contributed by atoms with Crippen LogP contribution in [0.1, 0.15) is 37.5 Å². The maximum atomic E-state index is 13.8. The maximum Gasteiger partial charge on any atom is 0.442 e. The molecule has 1 saturated heterocycles. The Labute approximate surface area is 137 Å². The first-order valence-corrected chi connectivity index (χ1v) is 8.29. The van der Waals surface area contributed by atoms with Crippen LogP contribution in [0.4, 0.5) is 4.39 Å². The highest BCUT2D eigenvalue weighted by Crippen LogP contribution is 2.47. The van der Waals surface area contributed by atoms with Crippen LogP contribution in [-0.2, 0) is 4.79 Å². The van der Waals surface area contributed by atoms with Gasteiger partial charge < -0.3 is 9.32 Å². The summed E-state index contributed by atoms with van der Waals surface area (Å²) in [6.45, 7) is 1.60. The van der Waals surface area contributed by atoms with Crippen LogP contribution in [0.2, 0.25) is 0 Å². The number of carbonyl (C=O) groups is 1. The molecule has 6 nitrogen and oxygen atoms in total. The molecule has 24 heavy (non-hydrogen) atoms. The van der Waals surface area contributed by atoms with Crippen LogP contribution < -0.4 is 5.76 Å². The van der Waals surface area contributed by atoms with Gasteiger partial charge in [0.1, 0.15) is 11.5 Å². The van der Waals surface area contributed by atoms with E-state index in [1.54, 1.807) is 12.1 Å². The molecule has 2 aromatic rings. The second-order valence-corrected chi connectivity index (χ2v) is 6.40. The second kappa shape index (κ2) is 5.89. The van der Waals surface area contributed by atoms with E-state index in [1.165, 1.54) is 18.6 Å². The zero-order valence-corrected chi connectivity index (χ0v) is 13.2. The minimum atomic E-state index is -0.730. The first-order valence-electron chi connectivity index (χ1n) is 8.29. The number of amides is 1. The van der Waals surface area contributed by atoms with E-state index in [0.717, 1.165) is 30.6 Å². The van der Waals surface area contributed by atoms with Crippen molar-refractivity contribution in [1.82, 2.24) is 14.7 Å². The number of likely N-dealkylation sites (tertiary alicyclic amines) is 1. The molecule has 4 rings (SSSR count). The highest BCUT2D eigenvalue weighted by molar-refractivity contribution is 5.82. The van der Waals surface area contributed by atoms with Gasteiger partial charge in [-0.3, -0.25) is 4.79 Å². The highest BCUT2D eigenvalue weighted by atomic mass is 19.1. The molecule has 7 heteroatoms. The predicted molar refractivity (Wildman–Crippen MR) is 83.3 cm³/mol. The summed E-state index contributed by atoms with van der Waals surface area (Å²) < 4.78 is 19.9. The van der Waals surface area contributed by atoms with Crippen LogP contribution in [0.25, 0.3) is 5.69 Å². The molecule has 0 radical (unpaired) electrons. The molecular weight excluding hydrogens is 313 g/mol. The number of nitrogens with zero attached hydrogens (tertiary/aromatic N) is 3. The summed E-state index contributed by atoms with van der Waals surface area (Å²) in [7, 11) is 0. The number of piperidine rings is 1. The lowest BCUT2D eigenvalue weighted by Crippen LogP contribution is -2.36. The molecule has 2 heterocycles. The third-order valence-electron chi connectivity index (χ3n) is 4.74. The average molecular weight is 331 g/mol. The first-order chi connectivity index (χ1) is 11.6. The van der Waals surface area contributed by atoms with Crippen molar-refractivity contribution in [2.45, 2.75) is 31.6 Å². The molecule has 1 aliphatic carbocycles. The molecule has 1 aromatic heterocycles. The van der Waals surface area contributed by atoms with Crippen molar-refractivity contribution < 1.29 is 13.6 Å². The van der Waals surface area contributed by atoms with Crippen LogP contribution in [0.5, 0.6) is 0 Å². The van der Waals surface area contributed by atoms with E-state index < -0.39 is 11.6 Å². The van der Waals surface area contributed by atoms with Crippen LogP contribution in [-0.4, -0.2) is 33.7 Å². The Balaban J connectivity index is 1.53. The molecule has 2 aliphatic rings. The van der Waals surface area contributed by atoms with E-state index in [-0.39, 0.29) is 29.3 Å². The molecule has 2 fully saturated rings. The number of benzene rings is 1. The molecule has 1 aromatic carbocycles. The monoisotopic (exact) mass is 331 g/mol. The maximum absolute atomic E-state index is 13.8. The van der Waals surface area contributed by atoms with Crippen molar-refractivity contribution in [2.24, 2.45) is 5.92 Å². The number of hydrogen-bond donors (Lipinski definition) is 0. The molecule has 0 spiro atoms. The quantitative estimate of drug-likeness (QED) is 0.863. The Bertz CT molecular complexity index is 822. The second-order valence-electron chi connectivity index (χ2n) is 6.40. The third-order valence-corrected chi connectivity index (χ3v) is 4.74. The third kappa shape index (κ3) is 2.64. The SMILES string of the molecule is O=C(C1CC1c1nn(-c2ccccc2F)c(=O)o1)N1CCCCC1. The molecule has 2 atom stereocenters. The van der Waals surface area contributed by atoms with Gasteiger partial charge in [-0.15, -0.1) is 5.10 Å². The fourth-order valence-electron chi connectivity index (χ4n) is 3.31. The molecular formula is C17H18FN3O3. The number of rotatable bonds is 3. The lowest BCUT2D eigenvalue weighted by Gasteiger charge is -2.26. The Morgan fingerprint density at radius 2 is 1.96 bits per heavy atom. The molecule has 1 aliphatic heterocycles. The van der Waals surface area contributed by atoms with Crippen molar-refractivity contribution in [2.75, 3.05) is 13.1 Å². The zero-order chi connectivity index (χ0) is 16.7. The lowest BCUT2D eigenvalue weighted by molar-refractivity contribution is -0.133. The first kappa shape index (κ1) is 15.1. The fraction of sp³-hybridized carbons (Fsp3) is 0.471. The van der Waals surface area contributed by atoms with Crippen LogP contribution in [0.3, 0.4) is 0 Å². The van der Waals surface area contributed by atoms with Crippen LogP contribution >= 0.6 is 0 Å². The van der Waals surface area contributed by atoms with Gasteiger partial charge in [0.2, 0.25) is 11.8 Å². The van der Waals surface area contributed by atoms with Gasteiger partial charge in [-0.25, -0.2) is 9.18 Å². The largest absolute Gasteiger partial charge is 0.442 e. The Kier molecular flexibility index (Phi) is 3.70. The number of aromatic nitrogens is 2. The Morgan fingerprint density at radius 3 is 2.71 bits per heavy atom. The summed E-state index contributed by atoms with van der Waals surface area (Å²) >= 11 is 0. The van der Waals surface area contributed by atoms with Gasteiger partial charge in [-0.05, 0) is 37.8 Å². The number of halogens is 1. The molecule has 126 valence electrons. The molecule has 1 saturated carbocycles. The average Bonchev–Trinajstić information content (AvgIpc) is 3.32. The highest BCUT2D eigenvalue weighted by Gasteiger charge is 2.49. The smallest absolute Gasteiger partial charge is 0.392 e. The molecule has 0 bridgehead atoms. The lowest BCUT2D eigenvalue weighted by atomic mass is 10.1. The van der Waals surface area contributed by atoms with Crippen molar-refractivity contribution in [3.8, 4) is 5.69 Å². The predicted octanol–water partition coefficient (Wildman–Crippen LogP) is 2.08. The summed E-state index contributed by atoms with van der Waals surface area (Å²) in [5.41, 5.74) is 0.0528. The van der Waals surface area contributed by atoms with Gasteiger partial charge >= 0.3 is 5.76 Å².